The maximum absolute atomic E-state index is 12.0. The fraction of sp³-hybridized carbons (Fsp3) is 0.556. The molecule has 0 aliphatic carbocycles. The minimum Gasteiger partial charge on any atom is -0.445 e. The average molecular weight is 349 g/mol. The fourth-order valence-corrected chi connectivity index (χ4v) is 2.37. The minimum atomic E-state index is -0.488. The second-order valence-electron chi connectivity index (χ2n) is 6.98. The Kier molecular flexibility index (Phi) is 6.64. The average Bonchev–Trinajstić information content (AvgIpc) is 2.58. The van der Waals surface area contributed by atoms with Crippen LogP contribution >= 0.6 is 0 Å². The predicted octanol–water partition coefficient (Wildman–Crippen LogP) is 2.42. The molecule has 1 aromatic rings. The second kappa shape index (κ2) is 8.71. The Bertz CT molecular complexity index is 563. The van der Waals surface area contributed by atoms with Gasteiger partial charge in [0.1, 0.15) is 12.2 Å². The first-order valence-corrected chi connectivity index (χ1v) is 8.48. The molecule has 1 heterocycles. The Morgan fingerprint density at radius 1 is 1.08 bits per heavy atom. The van der Waals surface area contributed by atoms with Crippen molar-refractivity contribution in [1.29, 1.82) is 0 Å². The summed E-state index contributed by atoms with van der Waals surface area (Å²) in [5, 5.41) is 2.73. The highest BCUT2D eigenvalue weighted by atomic mass is 16.6. The third-order valence-corrected chi connectivity index (χ3v) is 3.68. The van der Waals surface area contributed by atoms with Gasteiger partial charge in [-0.15, -0.1) is 0 Å². The number of carbonyl (C=O) groups is 2. The van der Waals surface area contributed by atoms with E-state index in [4.69, 9.17) is 9.47 Å². The molecule has 0 spiro atoms. The fourth-order valence-electron chi connectivity index (χ4n) is 2.37. The Hall–Kier alpha value is -2.28. The van der Waals surface area contributed by atoms with Gasteiger partial charge in [-0.3, -0.25) is 4.90 Å². The molecule has 0 unspecified atom stereocenters. The van der Waals surface area contributed by atoms with Crippen molar-refractivity contribution in [2.24, 2.45) is 0 Å². The number of hydrogen-bond donors (Lipinski definition) is 1. The lowest BCUT2D eigenvalue weighted by atomic mass is 10.2. The number of piperazine rings is 1. The van der Waals surface area contributed by atoms with Crippen LogP contribution < -0.4 is 5.32 Å². The van der Waals surface area contributed by atoms with Gasteiger partial charge in [-0.1, -0.05) is 30.3 Å². The van der Waals surface area contributed by atoms with Gasteiger partial charge in [0, 0.05) is 26.2 Å². The molecule has 1 aliphatic heterocycles. The topological polar surface area (TPSA) is 71.1 Å². The molecule has 0 bridgehead atoms. The molecule has 1 fully saturated rings. The van der Waals surface area contributed by atoms with E-state index in [-0.39, 0.29) is 12.7 Å². The molecule has 0 aromatic heterocycles. The summed E-state index contributed by atoms with van der Waals surface area (Å²) in [6.07, 6.45) is -0.735. The third-order valence-electron chi connectivity index (χ3n) is 3.68. The van der Waals surface area contributed by atoms with Crippen LogP contribution in [0.3, 0.4) is 0 Å². The highest BCUT2D eigenvalue weighted by Gasteiger charge is 2.25. The molecule has 0 saturated carbocycles. The van der Waals surface area contributed by atoms with Gasteiger partial charge < -0.3 is 19.7 Å². The van der Waals surface area contributed by atoms with Crippen LogP contribution in [0.1, 0.15) is 26.3 Å². The monoisotopic (exact) mass is 349 g/mol. The summed E-state index contributed by atoms with van der Waals surface area (Å²) < 4.78 is 10.5. The van der Waals surface area contributed by atoms with E-state index in [1.165, 1.54) is 0 Å². The van der Waals surface area contributed by atoms with Gasteiger partial charge in [-0.25, -0.2) is 9.59 Å². The van der Waals surface area contributed by atoms with Crippen molar-refractivity contribution < 1.29 is 19.1 Å². The Morgan fingerprint density at radius 3 is 2.32 bits per heavy atom. The molecule has 138 valence electrons. The summed E-state index contributed by atoms with van der Waals surface area (Å²) >= 11 is 0. The summed E-state index contributed by atoms with van der Waals surface area (Å²) in [6.45, 7) is 8.72. The van der Waals surface area contributed by atoms with Crippen LogP contribution in [0.4, 0.5) is 9.59 Å². The van der Waals surface area contributed by atoms with Gasteiger partial charge >= 0.3 is 12.2 Å². The molecule has 7 nitrogen and oxygen atoms in total. The summed E-state index contributed by atoms with van der Waals surface area (Å²) in [5.41, 5.74) is 0.460. The lowest BCUT2D eigenvalue weighted by molar-refractivity contribution is 0.0137. The zero-order valence-electron chi connectivity index (χ0n) is 15.2. The number of carbonyl (C=O) groups excluding carboxylic acids is 2. The Labute approximate surface area is 148 Å². The molecule has 1 aromatic carbocycles. The number of amides is 2. The van der Waals surface area contributed by atoms with Crippen molar-refractivity contribution in [1.82, 2.24) is 15.1 Å². The summed E-state index contributed by atoms with van der Waals surface area (Å²) in [5.74, 6) is 0. The minimum absolute atomic E-state index is 0.249. The van der Waals surface area contributed by atoms with Crippen molar-refractivity contribution >= 4 is 12.2 Å². The van der Waals surface area contributed by atoms with E-state index in [1.54, 1.807) is 4.90 Å². The van der Waals surface area contributed by atoms with Crippen LogP contribution in [-0.4, -0.2) is 60.4 Å². The zero-order chi connectivity index (χ0) is 18.3. The number of nitrogens with one attached hydrogen (secondary N) is 1. The van der Waals surface area contributed by atoms with Gasteiger partial charge in [0.2, 0.25) is 0 Å². The molecule has 7 heteroatoms. The van der Waals surface area contributed by atoms with Crippen molar-refractivity contribution in [2.45, 2.75) is 33.0 Å². The number of rotatable bonds is 4. The lowest BCUT2D eigenvalue weighted by Gasteiger charge is -2.35. The molecular formula is C18H27N3O4. The molecule has 25 heavy (non-hydrogen) atoms. The number of nitrogens with zero attached hydrogens (tertiary/aromatic N) is 2. The number of benzene rings is 1. The van der Waals surface area contributed by atoms with Gasteiger partial charge in [-0.2, -0.15) is 0 Å². The first-order chi connectivity index (χ1) is 11.8. The van der Waals surface area contributed by atoms with E-state index in [1.807, 2.05) is 51.1 Å². The molecule has 0 atom stereocenters. The molecule has 1 saturated heterocycles. The van der Waals surface area contributed by atoms with Crippen LogP contribution in [0.5, 0.6) is 0 Å². The largest absolute Gasteiger partial charge is 0.445 e. The maximum Gasteiger partial charge on any atom is 0.410 e. The molecule has 2 rings (SSSR count). The normalized spacial score (nSPS) is 15.6. The Balaban J connectivity index is 1.63. The highest BCUT2D eigenvalue weighted by Crippen LogP contribution is 2.11. The van der Waals surface area contributed by atoms with E-state index < -0.39 is 11.7 Å². The molecule has 1 aliphatic rings. The molecular weight excluding hydrogens is 322 g/mol. The van der Waals surface area contributed by atoms with E-state index in [0.29, 0.717) is 32.8 Å². The van der Waals surface area contributed by atoms with Crippen molar-refractivity contribution in [3.8, 4) is 0 Å². The zero-order valence-corrected chi connectivity index (χ0v) is 15.2. The molecule has 1 N–H and O–H groups in total. The number of alkyl carbamates (subject to hydrolysis) is 1. The predicted molar refractivity (Wildman–Crippen MR) is 94.0 cm³/mol. The van der Waals surface area contributed by atoms with Gasteiger partial charge in [0.05, 0.1) is 6.67 Å². The van der Waals surface area contributed by atoms with Crippen LogP contribution in [0.15, 0.2) is 30.3 Å². The quantitative estimate of drug-likeness (QED) is 0.904. The van der Waals surface area contributed by atoms with Crippen LogP contribution in [-0.2, 0) is 16.1 Å². The lowest BCUT2D eigenvalue weighted by Crippen LogP contribution is -2.52. The summed E-state index contributed by atoms with van der Waals surface area (Å²) in [4.78, 5) is 27.5. The first kappa shape index (κ1) is 19.1. The summed E-state index contributed by atoms with van der Waals surface area (Å²) in [7, 11) is 0. The smallest absolute Gasteiger partial charge is 0.410 e. The van der Waals surface area contributed by atoms with E-state index in [2.05, 4.69) is 10.2 Å². The standard InChI is InChI=1S/C18H27N3O4/c1-18(2,3)25-17(23)21-11-9-20(10-12-21)14-19-16(22)24-13-15-7-5-4-6-8-15/h4-8H,9-14H2,1-3H3,(H,19,22). The molecule has 0 radical (unpaired) electrons. The van der Waals surface area contributed by atoms with Crippen molar-refractivity contribution in [3.05, 3.63) is 35.9 Å². The maximum atomic E-state index is 12.0. The van der Waals surface area contributed by atoms with E-state index >= 15 is 0 Å². The van der Waals surface area contributed by atoms with Gasteiger partial charge in [0.15, 0.2) is 0 Å². The van der Waals surface area contributed by atoms with Crippen LogP contribution in [0, 0.1) is 0 Å². The Morgan fingerprint density at radius 2 is 1.72 bits per heavy atom. The van der Waals surface area contributed by atoms with Crippen molar-refractivity contribution in [3.63, 3.8) is 0 Å². The van der Waals surface area contributed by atoms with Crippen molar-refractivity contribution in [2.75, 3.05) is 32.8 Å². The highest BCUT2D eigenvalue weighted by molar-refractivity contribution is 5.68. The number of ether oxygens (including phenoxy) is 2. The first-order valence-electron chi connectivity index (χ1n) is 8.48. The van der Waals surface area contributed by atoms with Gasteiger partial charge in [0.25, 0.3) is 0 Å². The van der Waals surface area contributed by atoms with E-state index in [0.717, 1.165) is 5.56 Å². The van der Waals surface area contributed by atoms with E-state index in [9.17, 15) is 9.59 Å². The van der Waals surface area contributed by atoms with Gasteiger partial charge in [-0.05, 0) is 26.3 Å². The summed E-state index contributed by atoms with van der Waals surface area (Å²) in [6, 6.07) is 9.54. The van der Waals surface area contributed by atoms with Crippen LogP contribution in [0.2, 0.25) is 0 Å². The third kappa shape index (κ3) is 7.01. The SMILES string of the molecule is CC(C)(C)OC(=O)N1CCN(CNC(=O)OCc2ccccc2)CC1. The van der Waals surface area contributed by atoms with Crippen LogP contribution in [0.25, 0.3) is 0 Å². The number of hydrogen-bond acceptors (Lipinski definition) is 5. The second-order valence-corrected chi connectivity index (χ2v) is 6.98. The molecule has 2 amide bonds.